The Morgan fingerprint density at radius 3 is 1.72 bits per heavy atom. The molecule has 0 amide bonds. The Balaban J connectivity index is 2.41. The average molecular weight is 250 g/mol. The van der Waals surface area contributed by atoms with Crippen LogP contribution >= 0.6 is 0 Å². The van der Waals surface area contributed by atoms with E-state index in [1.807, 2.05) is 6.08 Å². The summed E-state index contributed by atoms with van der Waals surface area (Å²) < 4.78 is 0. The van der Waals surface area contributed by atoms with Crippen molar-refractivity contribution in [3.05, 3.63) is 85.1 Å². The van der Waals surface area contributed by atoms with Gasteiger partial charge in [0.1, 0.15) is 8.80 Å². The number of rotatable bonds is 5. The van der Waals surface area contributed by atoms with Crippen LogP contribution in [0, 0.1) is 0 Å². The molecule has 0 aliphatic rings. The van der Waals surface area contributed by atoms with Gasteiger partial charge in [0.2, 0.25) is 0 Å². The lowest BCUT2D eigenvalue weighted by atomic mass is 10.4. The Bertz CT molecular complexity index is 474. The molecule has 2 rings (SSSR count). The number of hydrogen-bond donors (Lipinski definition) is 0. The Hall–Kier alpha value is -1.86. The molecule has 0 fully saturated rings. The highest BCUT2D eigenvalue weighted by molar-refractivity contribution is 6.90. The van der Waals surface area contributed by atoms with Crippen LogP contribution < -0.4 is 10.4 Å². The zero-order valence-corrected chi connectivity index (χ0v) is 11.7. The van der Waals surface area contributed by atoms with Gasteiger partial charge in [-0.3, -0.25) is 0 Å². The molecule has 0 nitrogen and oxygen atoms in total. The molecule has 0 aliphatic heterocycles. The van der Waals surface area contributed by atoms with Crippen LogP contribution in [0.1, 0.15) is 6.42 Å². The fourth-order valence-electron chi connectivity index (χ4n) is 2.26. The molecule has 0 spiro atoms. The highest BCUT2D eigenvalue weighted by Gasteiger charge is 2.18. The summed E-state index contributed by atoms with van der Waals surface area (Å²) in [6, 6.07) is 21.5. The van der Waals surface area contributed by atoms with E-state index in [-0.39, 0.29) is 0 Å². The lowest BCUT2D eigenvalue weighted by molar-refractivity contribution is 1.36. The maximum Gasteiger partial charge on any atom is 0.128 e. The Morgan fingerprint density at radius 2 is 1.33 bits per heavy atom. The molecule has 0 saturated heterocycles. The van der Waals surface area contributed by atoms with Gasteiger partial charge in [-0.1, -0.05) is 82.3 Å². The van der Waals surface area contributed by atoms with Gasteiger partial charge in [-0.15, -0.1) is 13.2 Å². The molecule has 18 heavy (non-hydrogen) atoms. The first-order valence-corrected chi connectivity index (χ1v) is 7.94. The van der Waals surface area contributed by atoms with E-state index in [2.05, 4.69) is 73.8 Å². The molecule has 0 unspecified atom stereocenters. The molecule has 0 aliphatic carbocycles. The van der Waals surface area contributed by atoms with Gasteiger partial charge >= 0.3 is 0 Å². The Labute approximate surface area is 111 Å². The van der Waals surface area contributed by atoms with Crippen LogP contribution in [0.2, 0.25) is 0 Å². The SMILES string of the molecule is C=CCC(=C)[SiH](c1ccccc1)c1ccccc1. The molecule has 0 atom stereocenters. The predicted octanol–water partition coefficient (Wildman–Crippen LogP) is 2.70. The molecule has 90 valence electrons. The minimum atomic E-state index is -1.33. The van der Waals surface area contributed by atoms with E-state index in [0.29, 0.717) is 0 Å². The number of allylic oxidation sites excluding steroid dienone is 2. The summed E-state index contributed by atoms with van der Waals surface area (Å²) >= 11 is 0. The van der Waals surface area contributed by atoms with Crippen molar-refractivity contribution in [1.29, 1.82) is 0 Å². The summed E-state index contributed by atoms with van der Waals surface area (Å²) in [5, 5.41) is 4.17. The van der Waals surface area contributed by atoms with Crippen LogP contribution in [-0.4, -0.2) is 8.80 Å². The third kappa shape index (κ3) is 2.87. The summed E-state index contributed by atoms with van der Waals surface area (Å²) in [6.45, 7) is 8.12. The van der Waals surface area contributed by atoms with Gasteiger partial charge in [-0.25, -0.2) is 0 Å². The van der Waals surface area contributed by atoms with Crippen LogP contribution in [0.15, 0.2) is 85.1 Å². The van der Waals surface area contributed by atoms with E-state index in [9.17, 15) is 0 Å². The van der Waals surface area contributed by atoms with Crippen molar-refractivity contribution in [3.63, 3.8) is 0 Å². The molecular formula is C17H18Si. The fraction of sp³-hybridized carbons (Fsp3) is 0.0588. The van der Waals surface area contributed by atoms with Crippen LogP contribution in [-0.2, 0) is 0 Å². The molecule has 0 radical (unpaired) electrons. The Kier molecular flexibility index (Phi) is 4.32. The third-order valence-corrected chi connectivity index (χ3v) is 6.24. The topological polar surface area (TPSA) is 0 Å². The first-order valence-electron chi connectivity index (χ1n) is 6.21. The number of hydrogen-bond acceptors (Lipinski definition) is 0. The second-order valence-electron chi connectivity index (χ2n) is 4.41. The van der Waals surface area contributed by atoms with Gasteiger partial charge < -0.3 is 0 Å². The quantitative estimate of drug-likeness (QED) is 0.565. The van der Waals surface area contributed by atoms with Crippen molar-refractivity contribution in [2.75, 3.05) is 0 Å². The van der Waals surface area contributed by atoms with Gasteiger partial charge in [0.25, 0.3) is 0 Å². The summed E-state index contributed by atoms with van der Waals surface area (Å²) in [6.07, 6.45) is 2.86. The minimum absolute atomic E-state index is 0.903. The van der Waals surface area contributed by atoms with E-state index in [4.69, 9.17) is 0 Å². The molecule has 0 heterocycles. The average Bonchev–Trinajstić information content (AvgIpc) is 2.42. The number of benzene rings is 2. The van der Waals surface area contributed by atoms with Crippen molar-refractivity contribution in [2.24, 2.45) is 0 Å². The van der Waals surface area contributed by atoms with Crippen molar-refractivity contribution in [1.82, 2.24) is 0 Å². The Morgan fingerprint density at radius 1 is 0.889 bits per heavy atom. The van der Waals surface area contributed by atoms with Gasteiger partial charge in [0, 0.05) is 0 Å². The first-order chi connectivity index (χ1) is 8.83. The van der Waals surface area contributed by atoms with Crippen molar-refractivity contribution >= 4 is 19.2 Å². The second kappa shape index (κ2) is 6.17. The zero-order valence-electron chi connectivity index (χ0n) is 10.5. The van der Waals surface area contributed by atoms with Crippen molar-refractivity contribution < 1.29 is 0 Å². The van der Waals surface area contributed by atoms with Crippen LogP contribution in [0.4, 0.5) is 0 Å². The third-order valence-electron chi connectivity index (χ3n) is 3.08. The van der Waals surface area contributed by atoms with E-state index >= 15 is 0 Å². The molecule has 0 saturated carbocycles. The predicted molar refractivity (Wildman–Crippen MR) is 83.3 cm³/mol. The monoisotopic (exact) mass is 250 g/mol. The second-order valence-corrected chi connectivity index (χ2v) is 7.42. The molecule has 1 heteroatoms. The van der Waals surface area contributed by atoms with E-state index in [1.165, 1.54) is 15.6 Å². The van der Waals surface area contributed by atoms with Gasteiger partial charge in [-0.2, -0.15) is 0 Å². The summed E-state index contributed by atoms with van der Waals surface area (Å²) in [5.41, 5.74) is 0. The van der Waals surface area contributed by atoms with E-state index < -0.39 is 8.80 Å². The highest BCUT2D eigenvalue weighted by Crippen LogP contribution is 2.06. The smallest absolute Gasteiger partial charge is 0.103 e. The minimum Gasteiger partial charge on any atom is -0.103 e. The van der Waals surface area contributed by atoms with Crippen LogP contribution in [0.25, 0.3) is 0 Å². The highest BCUT2D eigenvalue weighted by atomic mass is 28.3. The van der Waals surface area contributed by atoms with Gasteiger partial charge in [-0.05, 0) is 6.42 Å². The fourth-order valence-corrected chi connectivity index (χ4v) is 5.20. The normalized spacial score (nSPS) is 10.3. The van der Waals surface area contributed by atoms with Crippen LogP contribution in [0.5, 0.6) is 0 Å². The van der Waals surface area contributed by atoms with Gasteiger partial charge in [0.15, 0.2) is 0 Å². The zero-order chi connectivity index (χ0) is 12.8. The summed E-state index contributed by atoms with van der Waals surface area (Å²) in [7, 11) is -1.33. The first kappa shape index (κ1) is 12.6. The maximum atomic E-state index is 4.29. The lowest BCUT2D eigenvalue weighted by Crippen LogP contribution is -2.43. The van der Waals surface area contributed by atoms with Crippen molar-refractivity contribution in [2.45, 2.75) is 6.42 Å². The van der Waals surface area contributed by atoms with Crippen molar-refractivity contribution in [3.8, 4) is 0 Å². The molecule has 0 N–H and O–H groups in total. The maximum absolute atomic E-state index is 4.29. The molecule has 0 aromatic heterocycles. The van der Waals surface area contributed by atoms with E-state index in [1.54, 1.807) is 0 Å². The van der Waals surface area contributed by atoms with Gasteiger partial charge in [0.05, 0.1) is 0 Å². The summed E-state index contributed by atoms with van der Waals surface area (Å²) in [4.78, 5) is 0. The molecule has 2 aromatic carbocycles. The molecular weight excluding hydrogens is 232 g/mol. The summed E-state index contributed by atoms with van der Waals surface area (Å²) in [5.74, 6) is 0. The molecule has 0 bridgehead atoms. The lowest BCUT2D eigenvalue weighted by Gasteiger charge is -2.18. The van der Waals surface area contributed by atoms with Crippen LogP contribution in [0.3, 0.4) is 0 Å². The molecule has 2 aromatic rings. The largest absolute Gasteiger partial charge is 0.128 e. The van der Waals surface area contributed by atoms with E-state index in [0.717, 1.165) is 6.42 Å². The standard InChI is InChI=1S/C17H18Si/c1-3-10-15(2)18(16-11-6-4-7-12-16)17-13-8-5-9-14-17/h3-9,11-14,18H,1-2,10H2.